The molecule has 0 aliphatic heterocycles. The molecule has 0 heterocycles. The molecule has 0 aliphatic carbocycles. The van der Waals surface area contributed by atoms with E-state index in [0.717, 1.165) is 32.1 Å². The van der Waals surface area contributed by atoms with E-state index in [1.54, 1.807) is 0 Å². The van der Waals surface area contributed by atoms with Crippen LogP contribution in [0, 0.1) is 0 Å². The number of carbonyl (C=O) groups is 2. The predicted octanol–water partition coefficient (Wildman–Crippen LogP) is 25.0. The zero-order valence-corrected chi connectivity index (χ0v) is 60.4. The van der Waals surface area contributed by atoms with Crippen molar-refractivity contribution < 1.29 is 42.1 Å². The van der Waals surface area contributed by atoms with Crippen molar-refractivity contribution >= 4 is 19.8 Å². The van der Waals surface area contributed by atoms with Crippen LogP contribution in [-0.2, 0) is 32.7 Å². The first-order valence-corrected chi connectivity index (χ1v) is 40.7. The van der Waals surface area contributed by atoms with Gasteiger partial charge in [0.2, 0.25) is 0 Å². The van der Waals surface area contributed by atoms with Crippen LogP contribution in [0.3, 0.4) is 0 Å². The van der Waals surface area contributed by atoms with Gasteiger partial charge in [0.25, 0.3) is 7.82 Å². The van der Waals surface area contributed by atoms with E-state index in [9.17, 15) is 19.0 Å². The fourth-order valence-electron chi connectivity index (χ4n) is 12.4. The lowest BCUT2D eigenvalue weighted by Gasteiger charge is -2.28. The van der Waals surface area contributed by atoms with Crippen LogP contribution in [0.25, 0.3) is 0 Å². The molecule has 0 aliphatic rings. The normalized spacial score (nSPS) is 12.9. The lowest BCUT2D eigenvalue weighted by Crippen LogP contribution is -2.37. The number of hydrogen-bond donors (Lipinski definition) is 0. The molecule has 0 fully saturated rings. The average molecular weight is 1250 g/mol. The van der Waals surface area contributed by atoms with Crippen molar-refractivity contribution in [2.75, 3.05) is 47.5 Å². The zero-order chi connectivity index (χ0) is 63.4. The van der Waals surface area contributed by atoms with E-state index in [1.165, 1.54) is 366 Å². The highest BCUT2D eigenvalue weighted by Gasteiger charge is 2.22. The van der Waals surface area contributed by atoms with Crippen LogP contribution in [0.4, 0.5) is 0 Å². The topological polar surface area (TPSA) is 111 Å². The van der Waals surface area contributed by atoms with Crippen LogP contribution in [0.5, 0.6) is 0 Å². The Bertz CT molecular complexity index is 1420. The van der Waals surface area contributed by atoms with Crippen LogP contribution in [0.2, 0.25) is 0 Å². The largest absolute Gasteiger partial charge is 0.756 e. The second-order valence-corrected chi connectivity index (χ2v) is 29.9. The second-order valence-electron chi connectivity index (χ2n) is 28.5. The van der Waals surface area contributed by atoms with E-state index in [0.29, 0.717) is 17.4 Å². The molecule has 0 spiro atoms. The van der Waals surface area contributed by atoms with Gasteiger partial charge in [-0.3, -0.25) is 14.2 Å². The Morgan fingerprint density at radius 2 is 0.517 bits per heavy atom. The van der Waals surface area contributed by atoms with Crippen molar-refractivity contribution in [3.63, 3.8) is 0 Å². The number of phosphoric acid groups is 1. The molecule has 0 N–H and O–H groups in total. The molecule has 0 aromatic carbocycles. The number of nitrogens with zero attached hydrogens (tertiary/aromatic N) is 1. The van der Waals surface area contributed by atoms with E-state index < -0.39 is 26.5 Å². The number of unbranched alkanes of at least 4 members (excludes halogenated alkanes) is 61. The highest BCUT2D eigenvalue weighted by molar-refractivity contribution is 7.45. The van der Waals surface area contributed by atoms with Gasteiger partial charge in [-0.2, -0.15) is 0 Å². The van der Waals surface area contributed by atoms with Crippen LogP contribution in [-0.4, -0.2) is 70.0 Å². The van der Waals surface area contributed by atoms with Crippen molar-refractivity contribution in [2.45, 2.75) is 437 Å². The Hall–Kier alpha value is -0.990. The van der Waals surface area contributed by atoms with Crippen molar-refractivity contribution in [1.82, 2.24) is 0 Å². The van der Waals surface area contributed by atoms with Crippen LogP contribution >= 0.6 is 7.82 Å². The minimum absolute atomic E-state index is 0.0247. The fourth-order valence-corrected chi connectivity index (χ4v) is 13.1. The smallest absolute Gasteiger partial charge is 0.306 e. The lowest BCUT2D eigenvalue weighted by atomic mass is 10.0. The number of carbonyl (C=O) groups excluding carboxylic acids is 2. The van der Waals surface area contributed by atoms with Gasteiger partial charge in [0.15, 0.2) is 6.10 Å². The molecule has 0 radical (unpaired) electrons. The van der Waals surface area contributed by atoms with Gasteiger partial charge >= 0.3 is 11.9 Å². The second kappa shape index (κ2) is 69.4. The molecule has 0 rings (SSSR count). The van der Waals surface area contributed by atoms with Crippen LogP contribution < -0.4 is 4.89 Å². The molecule has 2 atom stereocenters. The van der Waals surface area contributed by atoms with E-state index in [2.05, 4.69) is 13.8 Å². The number of ether oxygens (including phenoxy) is 2. The summed E-state index contributed by atoms with van der Waals surface area (Å²) in [5, 5.41) is 0. The molecular formula is C77H154NO8P. The quantitative estimate of drug-likeness (QED) is 0.0256. The third kappa shape index (κ3) is 73.9. The van der Waals surface area contributed by atoms with Gasteiger partial charge in [0.05, 0.1) is 27.7 Å². The molecule has 9 nitrogen and oxygen atoms in total. The molecule has 0 bridgehead atoms. The van der Waals surface area contributed by atoms with Crippen molar-refractivity contribution in [2.24, 2.45) is 0 Å². The third-order valence-electron chi connectivity index (χ3n) is 18.4. The fraction of sp³-hybridized carbons (Fsp3) is 0.974. The average Bonchev–Trinajstić information content (AvgIpc) is 3.65. The molecule has 520 valence electrons. The van der Waals surface area contributed by atoms with E-state index in [4.69, 9.17) is 18.5 Å². The number of phosphoric ester groups is 1. The van der Waals surface area contributed by atoms with Crippen LogP contribution in [0.15, 0.2) is 0 Å². The van der Waals surface area contributed by atoms with Gasteiger partial charge in [0.1, 0.15) is 19.8 Å². The maximum Gasteiger partial charge on any atom is 0.306 e. The van der Waals surface area contributed by atoms with Gasteiger partial charge in [-0.1, -0.05) is 406 Å². The first kappa shape index (κ1) is 86.0. The van der Waals surface area contributed by atoms with Gasteiger partial charge in [0, 0.05) is 12.8 Å². The Labute approximate surface area is 544 Å². The third-order valence-corrected chi connectivity index (χ3v) is 19.3. The molecule has 0 saturated carbocycles. The van der Waals surface area contributed by atoms with Crippen LogP contribution in [0.1, 0.15) is 431 Å². The van der Waals surface area contributed by atoms with Gasteiger partial charge in [-0.05, 0) is 12.8 Å². The Morgan fingerprint density at radius 3 is 0.736 bits per heavy atom. The molecule has 0 aromatic rings. The number of hydrogen-bond acceptors (Lipinski definition) is 8. The van der Waals surface area contributed by atoms with E-state index >= 15 is 0 Å². The highest BCUT2D eigenvalue weighted by Crippen LogP contribution is 2.38. The zero-order valence-electron chi connectivity index (χ0n) is 59.5. The number of quaternary nitrogens is 1. The molecule has 2 unspecified atom stereocenters. The molecular weight excluding hydrogens is 1100 g/mol. The summed E-state index contributed by atoms with van der Waals surface area (Å²) in [5.41, 5.74) is 0. The van der Waals surface area contributed by atoms with Crippen molar-refractivity contribution in [3.8, 4) is 0 Å². The first-order chi connectivity index (χ1) is 42.5. The molecule has 0 amide bonds. The predicted molar refractivity (Wildman–Crippen MR) is 375 cm³/mol. The molecule has 0 aromatic heterocycles. The summed E-state index contributed by atoms with van der Waals surface area (Å²) in [4.78, 5) is 38.1. The number of likely N-dealkylation sites (N-methyl/N-ethyl adjacent to an activating group) is 1. The SMILES string of the molecule is CCCCCCCCCCCCCCCCCCCCCCCCCCCCCCCCCCCCCCCCC(=O)OC(COC(=O)CCCCCCCCCCCCCCCCCCCCCCCCCCC)COP(=O)([O-])OCC[N+](C)(C)C. The Kier molecular flexibility index (Phi) is 68.6. The minimum Gasteiger partial charge on any atom is -0.756 e. The summed E-state index contributed by atoms with van der Waals surface area (Å²) in [7, 11) is 1.20. The summed E-state index contributed by atoms with van der Waals surface area (Å²) in [6, 6.07) is 0. The van der Waals surface area contributed by atoms with E-state index in [1.807, 2.05) is 21.1 Å². The maximum atomic E-state index is 12.9. The van der Waals surface area contributed by atoms with Gasteiger partial charge < -0.3 is 27.9 Å². The van der Waals surface area contributed by atoms with Crippen molar-refractivity contribution in [1.29, 1.82) is 0 Å². The number of rotatable bonds is 75. The summed E-state index contributed by atoms with van der Waals surface area (Å²) in [6.07, 6.45) is 85.2. The highest BCUT2D eigenvalue weighted by atomic mass is 31.2. The first-order valence-electron chi connectivity index (χ1n) is 39.2. The standard InChI is InChI=1S/C77H154NO8P/c1-6-8-10-12-14-16-18-20-22-24-26-28-30-32-33-34-35-36-37-38-39-40-41-42-43-44-46-48-50-52-54-56-58-60-62-64-66-68-70-77(80)86-75(74-85-87(81,82)84-72-71-78(3,4)5)73-83-76(79)69-67-65-63-61-59-57-55-53-51-49-47-45-31-29-27-25-23-21-19-17-15-13-11-9-7-2/h75H,6-74H2,1-5H3. The lowest BCUT2D eigenvalue weighted by molar-refractivity contribution is -0.870. The monoisotopic (exact) mass is 1250 g/mol. The minimum atomic E-state index is -4.64. The summed E-state index contributed by atoms with van der Waals surface area (Å²) in [5.74, 6) is -0.801. The summed E-state index contributed by atoms with van der Waals surface area (Å²) in [6.45, 7) is 4.35. The van der Waals surface area contributed by atoms with Gasteiger partial charge in [-0.15, -0.1) is 0 Å². The van der Waals surface area contributed by atoms with E-state index in [-0.39, 0.29) is 32.0 Å². The van der Waals surface area contributed by atoms with Gasteiger partial charge in [-0.25, -0.2) is 0 Å². The van der Waals surface area contributed by atoms with Crippen molar-refractivity contribution in [3.05, 3.63) is 0 Å². The Balaban J connectivity index is 3.87. The summed E-state index contributed by atoms with van der Waals surface area (Å²) >= 11 is 0. The maximum absolute atomic E-state index is 12.9. The molecule has 0 saturated heterocycles. The molecule has 10 heteroatoms. The molecule has 87 heavy (non-hydrogen) atoms. The Morgan fingerprint density at radius 1 is 0.310 bits per heavy atom. The number of esters is 2. The summed E-state index contributed by atoms with van der Waals surface area (Å²) < 4.78 is 34.4.